The quantitative estimate of drug-likeness (QED) is 0.594. The molecule has 1 heteroatoms. The molecule has 0 aromatic rings. The second-order valence-electron chi connectivity index (χ2n) is 6.14. The third-order valence-electron chi connectivity index (χ3n) is 5.62. The van der Waals surface area contributed by atoms with E-state index in [9.17, 15) is 0 Å². The van der Waals surface area contributed by atoms with Crippen LogP contribution in [-0.4, -0.2) is 0 Å². The van der Waals surface area contributed by atoms with Gasteiger partial charge < -0.3 is 0 Å². The van der Waals surface area contributed by atoms with Gasteiger partial charge in [-0.05, 0) is 48.9 Å². The van der Waals surface area contributed by atoms with Crippen LogP contribution in [0, 0.1) is 23.2 Å². The topological polar surface area (TPSA) is 0 Å². The Labute approximate surface area is 114 Å². The molecule has 4 atom stereocenters. The minimum Gasteiger partial charge on any atom is -0.0654 e. The van der Waals surface area contributed by atoms with Gasteiger partial charge in [0.15, 0.2) is 0 Å². The zero-order valence-corrected chi connectivity index (χ0v) is 12.3. The molecule has 0 nitrogen and oxygen atoms in total. The summed E-state index contributed by atoms with van der Waals surface area (Å²) in [6, 6.07) is 0. The van der Waals surface area contributed by atoms with Crippen LogP contribution in [0.15, 0.2) is 0 Å². The Morgan fingerprint density at radius 3 is 2.31 bits per heavy atom. The summed E-state index contributed by atoms with van der Waals surface area (Å²) in [5.41, 5.74) is 0.849. The van der Waals surface area contributed by atoms with Gasteiger partial charge in [-0.1, -0.05) is 46.5 Å². The van der Waals surface area contributed by atoms with E-state index in [2.05, 4.69) is 20.8 Å². The van der Waals surface area contributed by atoms with Crippen LogP contribution in [0.3, 0.4) is 0 Å². The Bertz CT molecular complexity index is 213. The standard InChI is InChI=1S/C15H28.Fe.H2/c1-4-6-7-12(3)14-9-11-15(14)10-8-13(15)5-2;;/h12-14H,4-11H2,1-3H3;;1H/t12?,13-,14?,15?;;/m1../s1. The van der Waals surface area contributed by atoms with Crippen molar-refractivity contribution in [2.45, 2.75) is 72.1 Å². The van der Waals surface area contributed by atoms with Crippen molar-refractivity contribution in [1.82, 2.24) is 0 Å². The van der Waals surface area contributed by atoms with Crippen molar-refractivity contribution in [1.29, 1.82) is 0 Å². The largest absolute Gasteiger partial charge is 0.0654 e. The smallest absolute Gasteiger partial charge is 0 e. The van der Waals surface area contributed by atoms with Gasteiger partial charge >= 0.3 is 0 Å². The van der Waals surface area contributed by atoms with Crippen LogP contribution in [0.4, 0.5) is 0 Å². The molecule has 0 saturated heterocycles. The van der Waals surface area contributed by atoms with Crippen LogP contribution in [-0.2, 0) is 17.1 Å². The Kier molecular flexibility index (Phi) is 5.39. The monoisotopic (exact) mass is 266 g/mol. The molecule has 0 aromatic carbocycles. The summed E-state index contributed by atoms with van der Waals surface area (Å²) in [7, 11) is 0. The molecule has 2 aliphatic carbocycles. The van der Waals surface area contributed by atoms with Crippen LogP contribution in [0.1, 0.15) is 73.6 Å². The van der Waals surface area contributed by atoms with E-state index in [4.69, 9.17) is 0 Å². The maximum atomic E-state index is 2.52. The molecule has 0 radical (unpaired) electrons. The third kappa shape index (κ3) is 2.23. The van der Waals surface area contributed by atoms with Crippen LogP contribution in [0.5, 0.6) is 0 Å². The molecular formula is C15H30Fe. The normalized spacial score (nSPS) is 38.4. The van der Waals surface area contributed by atoms with Crippen molar-refractivity contribution in [3.05, 3.63) is 0 Å². The summed E-state index contributed by atoms with van der Waals surface area (Å²) in [6.45, 7) is 7.24. The van der Waals surface area contributed by atoms with Gasteiger partial charge in [0.05, 0.1) is 0 Å². The first-order valence-electron chi connectivity index (χ1n) is 7.24. The van der Waals surface area contributed by atoms with Crippen LogP contribution in [0.25, 0.3) is 0 Å². The predicted molar refractivity (Wildman–Crippen MR) is 69.0 cm³/mol. The van der Waals surface area contributed by atoms with Gasteiger partial charge in [-0.2, -0.15) is 0 Å². The minimum atomic E-state index is 0. The van der Waals surface area contributed by atoms with Gasteiger partial charge in [0.2, 0.25) is 0 Å². The molecule has 0 amide bonds. The fraction of sp³-hybridized carbons (Fsp3) is 1.00. The SMILES string of the molecule is CCCCC(C)C1CCC12CC[C@H]2CC.[Fe].[HH]. The number of hydrogen-bond acceptors (Lipinski definition) is 0. The second-order valence-corrected chi connectivity index (χ2v) is 6.14. The molecule has 0 aromatic heterocycles. The summed E-state index contributed by atoms with van der Waals surface area (Å²) >= 11 is 0. The first-order valence-corrected chi connectivity index (χ1v) is 7.24. The Morgan fingerprint density at radius 1 is 1.25 bits per heavy atom. The summed E-state index contributed by atoms with van der Waals surface area (Å²) in [6.07, 6.45) is 12.0. The van der Waals surface area contributed by atoms with Gasteiger partial charge in [-0.3, -0.25) is 0 Å². The van der Waals surface area contributed by atoms with Crippen molar-refractivity contribution >= 4 is 0 Å². The van der Waals surface area contributed by atoms with Crippen molar-refractivity contribution in [2.24, 2.45) is 23.2 Å². The van der Waals surface area contributed by atoms with E-state index in [0.717, 1.165) is 23.2 Å². The number of unbranched alkanes of at least 4 members (excludes halogenated alkanes) is 1. The van der Waals surface area contributed by atoms with Crippen LogP contribution in [0.2, 0.25) is 0 Å². The minimum absolute atomic E-state index is 0. The zero-order valence-electron chi connectivity index (χ0n) is 11.2. The first kappa shape index (κ1) is 14.6. The molecule has 2 aliphatic rings. The Morgan fingerprint density at radius 2 is 1.94 bits per heavy atom. The number of rotatable bonds is 5. The maximum Gasteiger partial charge on any atom is 0 e. The van der Waals surface area contributed by atoms with E-state index >= 15 is 0 Å². The summed E-state index contributed by atoms with van der Waals surface area (Å²) in [5.74, 6) is 3.20. The fourth-order valence-electron chi connectivity index (χ4n) is 4.41. The van der Waals surface area contributed by atoms with E-state index in [-0.39, 0.29) is 18.5 Å². The van der Waals surface area contributed by atoms with Crippen molar-refractivity contribution in [3.63, 3.8) is 0 Å². The fourth-order valence-corrected chi connectivity index (χ4v) is 4.41. The predicted octanol–water partition coefficient (Wildman–Crippen LogP) is 5.27. The molecule has 3 unspecified atom stereocenters. The van der Waals surface area contributed by atoms with Crippen LogP contribution < -0.4 is 0 Å². The molecular weight excluding hydrogens is 236 g/mol. The molecule has 98 valence electrons. The molecule has 2 rings (SSSR count). The van der Waals surface area contributed by atoms with Gasteiger partial charge in [0.1, 0.15) is 0 Å². The molecule has 0 heterocycles. The molecule has 0 aliphatic heterocycles. The average Bonchev–Trinajstić information content (AvgIpc) is 2.12. The number of hydrogen-bond donors (Lipinski definition) is 0. The summed E-state index contributed by atoms with van der Waals surface area (Å²) in [5, 5.41) is 0. The van der Waals surface area contributed by atoms with E-state index in [1.54, 1.807) is 19.3 Å². The Balaban J connectivity index is 0.00000128. The van der Waals surface area contributed by atoms with Crippen molar-refractivity contribution in [3.8, 4) is 0 Å². The van der Waals surface area contributed by atoms with E-state index in [0.29, 0.717) is 0 Å². The molecule has 2 saturated carbocycles. The first-order chi connectivity index (χ1) is 7.24. The Hall–Kier alpha value is 0.519. The van der Waals surface area contributed by atoms with Gasteiger partial charge in [0.25, 0.3) is 0 Å². The molecule has 0 bridgehead atoms. The summed E-state index contributed by atoms with van der Waals surface area (Å²) in [4.78, 5) is 0. The maximum absolute atomic E-state index is 2.52. The van der Waals surface area contributed by atoms with E-state index < -0.39 is 0 Å². The third-order valence-corrected chi connectivity index (χ3v) is 5.62. The summed E-state index contributed by atoms with van der Waals surface area (Å²) < 4.78 is 0. The van der Waals surface area contributed by atoms with E-state index in [1.807, 2.05) is 0 Å². The van der Waals surface area contributed by atoms with Crippen molar-refractivity contribution < 1.29 is 18.5 Å². The second kappa shape index (κ2) is 5.91. The van der Waals surface area contributed by atoms with Gasteiger partial charge in [-0.15, -0.1) is 0 Å². The van der Waals surface area contributed by atoms with Gasteiger partial charge in [0, 0.05) is 18.5 Å². The zero-order chi connectivity index (χ0) is 10.9. The molecule has 16 heavy (non-hydrogen) atoms. The van der Waals surface area contributed by atoms with Crippen LogP contribution >= 0.6 is 0 Å². The molecule has 2 fully saturated rings. The van der Waals surface area contributed by atoms with E-state index in [1.165, 1.54) is 32.1 Å². The molecule has 0 N–H and O–H groups in total. The van der Waals surface area contributed by atoms with Crippen molar-refractivity contribution in [2.75, 3.05) is 0 Å². The van der Waals surface area contributed by atoms with Gasteiger partial charge in [-0.25, -0.2) is 0 Å². The average molecular weight is 266 g/mol. The molecule has 1 spiro atoms.